The van der Waals surface area contributed by atoms with Crippen molar-refractivity contribution in [2.45, 2.75) is 57.4 Å². The molecule has 10 nitrogen and oxygen atoms in total. The average molecular weight is 496 g/mol. The van der Waals surface area contributed by atoms with Gasteiger partial charge in [0, 0.05) is 44.1 Å². The second-order valence-corrected chi connectivity index (χ2v) is 10.8. The Bertz CT molecular complexity index is 1040. The van der Waals surface area contributed by atoms with Gasteiger partial charge in [-0.2, -0.15) is 10.1 Å². The SMILES string of the molecule is Cc1nn(C2CCN(C)CC2)cc1Nc1ncc(C2CC2)c(NCCCN2CCCN(C)CC2=O)n1. The van der Waals surface area contributed by atoms with Crippen LogP contribution in [-0.2, 0) is 4.79 Å². The molecule has 0 spiro atoms. The lowest BCUT2D eigenvalue weighted by Crippen LogP contribution is -2.36. The quantitative estimate of drug-likeness (QED) is 0.513. The number of piperidine rings is 1. The van der Waals surface area contributed by atoms with Gasteiger partial charge in [-0.3, -0.25) is 14.4 Å². The normalized spacial score (nSPS) is 20.5. The Morgan fingerprint density at radius 3 is 2.64 bits per heavy atom. The summed E-state index contributed by atoms with van der Waals surface area (Å²) in [5, 5.41) is 11.7. The van der Waals surface area contributed by atoms with E-state index >= 15 is 0 Å². The van der Waals surface area contributed by atoms with E-state index in [1.54, 1.807) is 0 Å². The Hall–Kier alpha value is -2.72. The summed E-state index contributed by atoms with van der Waals surface area (Å²) < 4.78 is 2.12. The van der Waals surface area contributed by atoms with Gasteiger partial charge < -0.3 is 20.4 Å². The first-order chi connectivity index (χ1) is 17.5. The molecule has 5 rings (SSSR count). The summed E-state index contributed by atoms with van der Waals surface area (Å²) in [6.45, 7) is 8.17. The summed E-state index contributed by atoms with van der Waals surface area (Å²) in [6, 6.07) is 0.447. The van der Waals surface area contributed by atoms with Crippen LogP contribution in [0.15, 0.2) is 12.4 Å². The van der Waals surface area contributed by atoms with Gasteiger partial charge in [0.25, 0.3) is 0 Å². The van der Waals surface area contributed by atoms with Crippen molar-refractivity contribution in [3.05, 3.63) is 23.7 Å². The molecule has 2 aromatic rings. The first-order valence-electron chi connectivity index (χ1n) is 13.5. The minimum absolute atomic E-state index is 0.235. The van der Waals surface area contributed by atoms with Crippen molar-refractivity contribution in [1.29, 1.82) is 0 Å². The van der Waals surface area contributed by atoms with Crippen LogP contribution in [-0.4, -0.2) is 100 Å². The molecule has 36 heavy (non-hydrogen) atoms. The molecule has 2 saturated heterocycles. The maximum absolute atomic E-state index is 12.4. The molecule has 0 radical (unpaired) electrons. The van der Waals surface area contributed by atoms with E-state index in [1.165, 1.54) is 18.4 Å². The Labute approximate surface area is 214 Å². The molecule has 4 heterocycles. The fraction of sp³-hybridized carbons (Fsp3) is 0.692. The van der Waals surface area contributed by atoms with E-state index in [0.717, 1.165) is 82.2 Å². The number of carbonyl (C=O) groups excluding carboxylic acids is 1. The third-order valence-electron chi connectivity index (χ3n) is 7.68. The summed E-state index contributed by atoms with van der Waals surface area (Å²) >= 11 is 0. The van der Waals surface area contributed by atoms with E-state index in [2.05, 4.69) is 43.3 Å². The van der Waals surface area contributed by atoms with Crippen LogP contribution in [0.1, 0.15) is 61.7 Å². The van der Waals surface area contributed by atoms with Gasteiger partial charge in [0.1, 0.15) is 5.82 Å². The lowest BCUT2D eigenvalue weighted by molar-refractivity contribution is -0.130. The van der Waals surface area contributed by atoms with Crippen molar-refractivity contribution in [3.63, 3.8) is 0 Å². The highest BCUT2D eigenvalue weighted by Crippen LogP contribution is 2.43. The van der Waals surface area contributed by atoms with E-state index in [1.807, 2.05) is 25.1 Å². The Balaban J connectivity index is 1.20. The number of aryl methyl sites for hydroxylation is 1. The van der Waals surface area contributed by atoms with E-state index in [0.29, 0.717) is 24.5 Å². The van der Waals surface area contributed by atoms with Crippen molar-refractivity contribution in [2.75, 3.05) is 70.5 Å². The largest absolute Gasteiger partial charge is 0.370 e. The molecule has 0 unspecified atom stereocenters. The molecule has 0 atom stereocenters. The summed E-state index contributed by atoms with van der Waals surface area (Å²) in [4.78, 5) is 28.4. The minimum Gasteiger partial charge on any atom is -0.370 e. The van der Waals surface area contributed by atoms with Crippen molar-refractivity contribution in [1.82, 2.24) is 34.4 Å². The maximum Gasteiger partial charge on any atom is 0.236 e. The number of hydrogen-bond donors (Lipinski definition) is 2. The third-order valence-corrected chi connectivity index (χ3v) is 7.68. The predicted octanol–water partition coefficient (Wildman–Crippen LogP) is 2.84. The fourth-order valence-corrected chi connectivity index (χ4v) is 5.24. The highest BCUT2D eigenvalue weighted by Gasteiger charge is 2.28. The predicted molar refractivity (Wildman–Crippen MR) is 142 cm³/mol. The lowest BCUT2D eigenvalue weighted by atomic mass is 10.1. The van der Waals surface area contributed by atoms with Crippen LogP contribution in [0, 0.1) is 6.92 Å². The van der Waals surface area contributed by atoms with Crippen LogP contribution in [0.5, 0.6) is 0 Å². The molecule has 2 aromatic heterocycles. The molecular weight excluding hydrogens is 454 g/mol. The van der Waals surface area contributed by atoms with Crippen LogP contribution < -0.4 is 10.6 Å². The van der Waals surface area contributed by atoms with Gasteiger partial charge in [-0.25, -0.2) is 4.98 Å². The standard InChI is InChI=1S/C26H41N9O/c1-19-23(17-35(31-19)21-8-14-32(2)15-9-21)29-26-28-16-22(20-6-7-20)25(30-26)27-10-4-12-34-13-5-11-33(3)18-24(34)36/h16-17,20-21H,4-15,18H2,1-3H3,(H2,27,28,29,30). The molecule has 10 heteroatoms. The number of rotatable bonds is 9. The second kappa shape index (κ2) is 11.1. The monoisotopic (exact) mass is 495 g/mol. The van der Waals surface area contributed by atoms with E-state index in [4.69, 9.17) is 10.1 Å². The topological polar surface area (TPSA) is 94.5 Å². The van der Waals surface area contributed by atoms with Crippen molar-refractivity contribution in [2.24, 2.45) is 0 Å². The van der Waals surface area contributed by atoms with Gasteiger partial charge in [0.2, 0.25) is 11.9 Å². The highest BCUT2D eigenvalue weighted by atomic mass is 16.2. The number of hydrogen-bond acceptors (Lipinski definition) is 8. The maximum atomic E-state index is 12.4. The number of amides is 1. The summed E-state index contributed by atoms with van der Waals surface area (Å²) in [7, 11) is 4.20. The number of aromatic nitrogens is 4. The molecule has 1 saturated carbocycles. The number of likely N-dealkylation sites (tertiary alicyclic amines) is 1. The van der Waals surface area contributed by atoms with Gasteiger partial charge in [0.05, 0.1) is 24.0 Å². The van der Waals surface area contributed by atoms with Crippen molar-refractivity contribution >= 4 is 23.4 Å². The first-order valence-corrected chi connectivity index (χ1v) is 13.5. The number of nitrogens with zero attached hydrogens (tertiary/aromatic N) is 7. The molecule has 2 N–H and O–H groups in total. The Kier molecular flexibility index (Phi) is 7.71. The molecular formula is C26H41N9O. The molecule has 196 valence electrons. The van der Waals surface area contributed by atoms with Crippen LogP contribution in [0.25, 0.3) is 0 Å². The minimum atomic E-state index is 0.235. The number of likely N-dealkylation sites (N-methyl/N-ethyl adjacent to an activating group) is 1. The molecule has 3 aliphatic rings. The second-order valence-electron chi connectivity index (χ2n) is 10.8. The van der Waals surface area contributed by atoms with Gasteiger partial charge in [-0.15, -0.1) is 0 Å². The zero-order chi connectivity index (χ0) is 25.1. The molecule has 0 bridgehead atoms. The van der Waals surface area contributed by atoms with E-state index < -0.39 is 0 Å². The van der Waals surface area contributed by atoms with E-state index in [9.17, 15) is 4.79 Å². The summed E-state index contributed by atoms with van der Waals surface area (Å²) in [5.41, 5.74) is 3.13. The van der Waals surface area contributed by atoms with E-state index in [-0.39, 0.29) is 5.91 Å². The average Bonchev–Trinajstić information content (AvgIpc) is 3.65. The smallest absolute Gasteiger partial charge is 0.236 e. The summed E-state index contributed by atoms with van der Waals surface area (Å²) in [5.74, 6) is 2.30. The third kappa shape index (κ3) is 6.15. The first kappa shape index (κ1) is 25.0. The van der Waals surface area contributed by atoms with Gasteiger partial charge in [-0.1, -0.05) is 0 Å². The summed E-state index contributed by atoms with van der Waals surface area (Å²) in [6.07, 6.45) is 10.7. The molecule has 0 aromatic carbocycles. The van der Waals surface area contributed by atoms with Crippen LogP contribution >= 0.6 is 0 Å². The van der Waals surface area contributed by atoms with Gasteiger partial charge in [0.15, 0.2) is 0 Å². The number of carbonyl (C=O) groups is 1. The van der Waals surface area contributed by atoms with Crippen molar-refractivity contribution < 1.29 is 4.79 Å². The molecule has 1 amide bonds. The number of nitrogens with one attached hydrogen (secondary N) is 2. The molecule has 1 aliphatic carbocycles. The van der Waals surface area contributed by atoms with Crippen LogP contribution in [0.3, 0.4) is 0 Å². The molecule has 2 aliphatic heterocycles. The number of anilines is 3. The van der Waals surface area contributed by atoms with Crippen LogP contribution in [0.4, 0.5) is 17.5 Å². The fourth-order valence-electron chi connectivity index (χ4n) is 5.24. The zero-order valence-corrected chi connectivity index (χ0v) is 22.0. The van der Waals surface area contributed by atoms with Crippen molar-refractivity contribution in [3.8, 4) is 0 Å². The molecule has 3 fully saturated rings. The van der Waals surface area contributed by atoms with Gasteiger partial charge in [-0.05, 0) is 78.6 Å². The lowest BCUT2D eigenvalue weighted by Gasteiger charge is -2.28. The Morgan fingerprint density at radius 2 is 1.86 bits per heavy atom. The van der Waals surface area contributed by atoms with Crippen LogP contribution in [0.2, 0.25) is 0 Å². The zero-order valence-electron chi connectivity index (χ0n) is 22.0. The Morgan fingerprint density at radius 1 is 1.06 bits per heavy atom. The highest BCUT2D eigenvalue weighted by molar-refractivity contribution is 5.78. The van der Waals surface area contributed by atoms with Gasteiger partial charge >= 0.3 is 0 Å².